The zero-order chi connectivity index (χ0) is 27.3. The fraction of sp³-hybridized carbons (Fsp3) is 0.200. The average Bonchev–Trinajstić information content (AvgIpc) is 3.51. The third-order valence-corrected chi connectivity index (χ3v) is 6.93. The molecule has 198 valence electrons. The first-order valence-electron chi connectivity index (χ1n) is 12.4. The van der Waals surface area contributed by atoms with Crippen molar-refractivity contribution in [2.45, 2.75) is 6.04 Å². The maximum atomic E-state index is 14.0. The molecule has 0 fully saturated rings. The number of nitrogens with zero attached hydrogens (tertiary/aromatic N) is 2. The van der Waals surface area contributed by atoms with Crippen LogP contribution in [0, 0.1) is 0 Å². The highest BCUT2D eigenvalue weighted by Crippen LogP contribution is 2.45. The van der Waals surface area contributed by atoms with Gasteiger partial charge in [0.25, 0.3) is 5.91 Å². The normalized spacial score (nSPS) is 16.6. The predicted octanol–water partition coefficient (Wildman–Crippen LogP) is 5.06. The molecule has 2 aliphatic heterocycles. The number of para-hydroxylation sites is 1. The smallest absolute Gasteiger partial charge is 0.294 e. The quantitative estimate of drug-likeness (QED) is 0.348. The Bertz CT molecular complexity index is 1640. The van der Waals surface area contributed by atoms with Crippen LogP contribution in [0.1, 0.15) is 22.2 Å². The van der Waals surface area contributed by atoms with E-state index in [1.165, 1.54) is 12.0 Å². The van der Waals surface area contributed by atoms with E-state index < -0.39 is 23.5 Å². The highest BCUT2D eigenvalue weighted by molar-refractivity contribution is 6.20. The van der Waals surface area contributed by atoms with Crippen molar-refractivity contribution in [2.24, 2.45) is 0 Å². The summed E-state index contributed by atoms with van der Waals surface area (Å²) < 4.78 is 22.6. The summed E-state index contributed by atoms with van der Waals surface area (Å²) in [6.45, 7) is 0.807. The van der Waals surface area contributed by atoms with Gasteiger partial charge in [0.05, 0.1) is 18.7 Å². The number of amides is 1. The van der Waals surface area contributed by atoms with Crippen molar-refractivity contribution >= 4 is 34.0 Å². The number of rotatable bonds is 6. The van der Waals surface area contributed by atoms with E-state index in [1.54, 1.807) is 42.5 Å². The van der Waals surface area contributed by atoms with Crippen LogP contribution in [0.3, 0.4) is 0 Å². The maximum Gasteiger partial charge on any atom is 0.294 e. The molecule has 0 saturated carbocycles. The predicted molar refractivity (Wildman–Crippen MR) is 145 cm³/mol. The summed E-state index contributed by atoms with van der Waals surface area (Å²) in [5.41, 5.74) is 2.37. The van der Waals surface area contributed by atoms with Crippen LogP contribution in [-0.4, -0.2) is 51.2 Å². The molecule has 39 heavy (non-hydrogen) atoms. The van der Waals surface area contributed by atoms with Crippen LogP contribution in [0.15, 0.2) is 82.5 Å². The molecule has 0 saturated heterocycles. The zero-order valence-corrected chi connectivity index (χ0v) is 21.6. The topological polar surface area (TPSA) is 102 Å². The van der Waals surface area contributed by atoms with Crippen molar-refractivity contribution in [1.29, 1.82) is 0 Å². The Hall–Kier alpha value is -4.92. The van der Waals surface area contributed by atoms with Gasteiger partial charge in [-0.3, -0.25) is 14.5 Å². The number of aliphatic hydroxyl groups excluding tert-OH is 1. The zero-order valence-electron chi connectivity index (χ0n) is 21.6. The molecule has 0 bridgehead atoms. The number of ether oxygens (including phenoxy) is 3. The van der Waals surface area contributed by atoms with Gasteiger partial charge < -0.3 is 28.6 Å². The number of hydrogen-bond acceptors (Lipinski definition) is 8. The summed E-state index contributed by atoms with van der Waals surface area (Å²) in [5, 5.41) is 11.8. The third-order valence-electron chi connectivity index (χ3n) is 6.93. The Morgan fingerprint density at radius 2 is 1.74 bits per heavy atom. The minimum atomic E-state index is -0.918. The van der Waals surface area contributed by atoms with Crippen LogP contribution in [-0.2, 0) is 4.79 Å². The summed E-state index contributed by atoms with van der Waals surface area (Å²) in [6.07, 6.45) is 0. The number of Topliss-reactive ketones (excluding diaryl/α,β-unsaturated/α-hetero) is 1. The van der Waals surface area contributed by atoms with E-state index >= 15 is 0 Å². The Labute approximate surface area is 224 Å². The van der Waals surface area contributed by atoms with Gasteiger partial charge in [0.2, 0.25) is 5.78 Å². The second-order valence-corrected chi connectivity index (χ2v) is 9.47. The van der Waals surface area contributed by atoms with Crippen LogP contribution in [0.4, 0.5) is 11.4 Å². The maximum absolute atomic E-state index is 14.0. The number of aliphatic hydroxyl groups is 1. The number of furan rings is 1. The van der Waals surface area contributed by atoms with E-state index in [0.29, 0.717) is 52.7 Å². The minimum Gasteiger partial charge on any atom is -0.503 e. The van der Waals surface area contributed by atoms with Crippen LogP contribution in [0.25, 0.3) is 11.0 Å². The van der Waals surface area contributed by atoms with Gasteiger partial charge in [-0.05, 0) is 42.0 Å². The molecule has 2 aliphatic rings. The third kappa shape index (κ3) is 4.03. The SMILES string of the molecule is COc1cccc2cc(C(=O)C3=C(O)C(=O)N(c4ccc5c(c4)OCCO5)C3c3ccc(N(C)C)cc3)oc12. The molecule has 0 spiro atoms. The van der Waals surface area contributed by atoms with Crippen LogP contribution in [0.2, 0.25) is 0 Å². The van der Waals surface area contributed by atoms with Crippen LogP contribution < -0.4 is 24.0 Å². The second kappa shape index (κ2) is 9.43. The van der Waals surface area contributed by atoms with Gasteiger partial charge in [0.1, 0.15) is 13.2 Å². The monoisotopic (exact) mass is 526 g/mol. The minimum absolute atomic E-state index is 0.0113. The van der Waals surface area contributed by atoms with Crippen LogP contribution in [0.5, 0.6) is 17.2 Å². The van der Waals surface area contributed by atoms with E-state index in [9.17, 15) is 14.7 Å². The Morgan fingerprint density at radius 3 is 2.46 bits per heavy atom. The van der Waals surface area contributed by atoms with Crippen LogP contribution >= 0.6 is 0 Å². The molecule has 1 amide bonds. The lowest BCUT2D eigenvalue weighted by molar-refractivity contribution is -0.117. The van der Waals surface area contributed by atoms with Crippen molar-refractivity contribution in [2.75, 3.05) is 44.2 Å². The molecule has 0 radical (unpaired) electrons. The van der Waals surface area contributed by atoms with Crippen molar-refractivity contribution in [1.82, 2.24) is 0 Å². The molecular weight excluding hydrogens is 500 g/mol. The lowest BCUT2D eigenvalue weighted by Crippen LogP contribution is -2.31. The Kier molecular flexibility index (Phi) is 5.91. The fourth-order valence-electron chi connectivity index (χ4n) is 5.00. The molecule has 6 rings (SSSR count). The van der Waals surface area contributed by atoms with Gasteiger partial charge in [-0.1, -0.05) is 24.3 Å². The van der Waals surface area contributed by atoms with Gasteiger partial charge in [0, 0.05) is 36.9 Å². The Balaban J connectivity index is 1.48. The first-order chi connectivity index (χ1) is 18.9. The molecule has 9 nitrogen and oxygen atoms in total. The number of methoxy groups -OCH3 is 1. The van der Waals surface area contributed by atoms with Gasteiger partial charge in [-0.2, -0.15) is 0 Å². The molecule has 1 unspecified atom stereocenters. The summed E-state index contributed by atoms with van der Waals surface area (Å²) in [6, 6.07) is 18.6. The number of hydrogen-bond donors (Lipinski definition) is 1. The number of ketones is 1. The largest absolute Gasteiger partial charge is 0.503 e. The number of carbonyl (C=O) groups is 2. The first kappa shape index (κ1) is 24.4. The highest BCUT2D eigenvalue weighted by Gasteiger charge is 2.45. The molecule has 1 atom stereocenters. The summed E-state index contributed by atoms with van der Waals surface area (Å²) in [5.74, 6) is -0.427. The lowest BCUT2D eigenvalue weighted by atomic mass is 9.94. The summed E-state index contributed by atoms with van der Waals surface area (Å²) in [7, 11) is 5.36. The van der Waals surface area contributed by atoms with E-state index in [2.05, 4.69) is 0 Å². The molecule has 4 aromatic rings. The number of fused-ring (bicyclic) bond motifs is 2. The molecule has 3 aromatic carbocycles. The van der Waals surface area contributed by atoms with Gasteiger partial charge in [-0.15, -0.1) is 0 Å². The first-order valence-corrected chi connectivity index (χ1v) is 12.4. The second-order valence-electron chi connectivity index (χ2n) is 9.47. The number of carbonyl (C=O) groups excluding carboxylic acids is 2. The molecule has 9 heteroatoms. The molecule has 1 aromatic heterocycles. The van der Waals surface area contributed by atoms with Gasteiger partial charge >= 0.3 is 0 Å². The highest BCUT2D eigenvalue weighted by atomic mass is 16.6. The van der Waals surface area contributed by atoms with E-state index in [4.69, 9.17) is 18.6 Å². The van der Waals surface area contributed by atoms with E-state index in [0.717, 1.165) is 5.69 Å². The lowest BCUT2D eigenvalue weighted by Gasteiger charge is -2.28. The summed E-state index contributed by atoms with van der Waals surface area (Å²) >= 11 is 0. The molecule has 0 aliphatic carbocycles. The molecule has 3 heterocycles. The van der Waals surface area contributed by atoms with Gasteiger partial charge in [-0.25, -0.2) is 0 Å². The van der Waals surface area contributed by atoms with E-state index in [-0.39, 0.29) is 11.3 Å². The van der Waals surface area contributed by atoms with Crippen molar-refractivity contribution < 1.29 is 33.3 Å². The molecular formula is C30H26N2O7. The molecule has 1 N–H and O–H groups in total. The number of benzene rings is 3. The van der Waals surface area contributed by atoms with Crippen molar-refractivity contribution in [3.8, 4) is 17.2 Å². The fourth-order valence-corrected chi connectivity index (χ4v) is 5.00. The number of anilines is 2. The average molecular weight is 527 g/mol. The van der Waals surface area contributed by atoms with Gasteiger partial charge in [0.15, 0.2) is 34.4 Å². The van der Waals surface area contributed by atoms with Crippen molar-refractivity contribution in [3.63, 3.8) is 0 Å². The summed E-state index contributed by atoms with van der Waals surface area (Å²) in [4.78, 5) is 30.9. The van der Waals surface area contributed by atoms with E-state index in [1.807, 2.05) is 43.3 Å². The standard InChI is InChI=1S/C30H26N2O7/c1-31(2)19-9-7-17(8-10-19)26-25(27(33)24-15-18-5-4-6-22(36-3)29(18)39-24)28(34)30(35)32(26)20-11-12-21-23(16-20)38-14-13-37-21/h4-12,15-16,26,34H,13-14H2,1-3H3. The van der Waals surface area contributed by atoms with Crippen molar-refractivity contribution in [3.05, 3.63) is 89.4 Å². The Morgan fingerprint density at radius 1 is 1.00 bits per heavy atom.